The van der Waals surface area contributed by atoms with Crippen molar-refractivity contribution in [3.63, 3.8) is 0 Å². The third-order valence-electron chi connectivity index (χ3n) is 4.63. The Labute approximate surface area is 167 Å². The molecule has 29 heavy (non-hydrogen) atoms. The molecule has 1 atom stereocenters. The lowest BCUT2D eigenvalue weighted by Gasteiger charge is -2.17. The standard InChI is InChI=1S/C21H20N2O6/c1-28-20(26)13-5-3-7-16(9-13)22-19(25)15-11-18(24)23(12-15)17-8-4-6-14(10-17)21(27)29-2/h3-10,15H,11-12H2,1-2H3,(H,22,25). The number of carbonyl (C=O) groups excluding carboxylic acids is 4. The van der Waals surface area contributed by atoms with E-state index >= 15 is 0 Å². The summed E-state index contributed by atoms with van der Waals surface area (Å²) in [5.41, 5.74) is 1.61. The van der Waals surface area contributed by atoms with Gasteiger partial charge in [0.2, 0.25) is 11.8 Å². The number of rotatable bonds is 5. The number of carbonyl (C=O) groups is 4. The summed E-state index contributed by atoms with van der Waals surface area (Å²) in [5.74, 6) is -2.11. The summed E-state index contributed by atoms with van der Waals surface area (Å²) in [6.45, 7) is 0.186. The van der Waals surface area contributed by atoms with Crippen LogP contribution in [0, 0.1) is 5.92 Å². The molecule has 2 aromatic rings. The van der Waals surface area contributed by atoms with Crippen molar-refractivity contribution in [3.05, 3.63) is 59.7 Å². The monoisotopic (exact) mass is 396 g/mol. The van der Waals surface area contributed by atoms with Gasteiger partial charge < -0.3 is 19.7 Å². The Hall–Kier alpha value is -3.68. The molecule has 3 rings (SSSR count). The number of ether oxygens (including phenoxy) is 2. The molecule has 150 valence electrons. The number of nitrogens with zero attached hydrogens (tertiary/aromatic N) is 1. The van der Waals surface area contributed by atoms with Gasteiger partial charge in [-0.25, -0.2) is 9.59 Å². The van der Waals surface area contributed by atoms with E-state index in [0.717, 1.165) is 0 Å². The molecular weight excluding hydrogens is 376 g/mol. The minimum absolute atomic E-state index is 0.0466. The first-order valence-corrected chi connectivity index (χ1v) is 8.91. The van der Waals surface area contributed by atoms with Crippen molar-refractivity contribution in [3.8, 4) is 0 Å². The number of hydrogen-bond acceptors (Lipinski definition) is 6. The number of nitrogens with one attached hydrogen (secondary N) is 1. The van der Waals surface area contributed by atoms with Gasteiger partial charge in [-0.05, 0) is 36.4 Å². The van der Waals surface area contributed by atoms with Crippen LogP contribution in [-0.2, 0) is 19.1 Å². The maximum absolute atomic E-state index is 12.6. The number of methoxy groups -OCH3 is 2. The van der Waals surface area contributed by atoms with Gasteiger partial charge in [0, 0.05) is 24.3 Å². The minimum Gasteiger partial charge on any atom is -0.465 e. The van der Waals surface area contributed by atoms with E-state index in [4.69, 9.17) is 4.74 Å². The molecule has 0 spiro atoms. The van der Waals surface area contributed by atoms with E-state index in [1.54, 1.807) is 42.5 Å². The second-order valence-corrected chi connectivity index (χ2v) is 6.51. The zero-order valence-electron chi connectivity index (χ0n) is 16.0. The molecule has 1 aliphatic rings. The fourth-order valence-corrected chi connectivity index (χ4v) is 3.14. The fraction of sp³-hybridized carbons (Fsp3) is 0.238. The van der Waals surface area contributed by atoms with E-state index in [1.165, 1.54) is 25.2 Å². The highest BCUT2D eigenvalue weighted by molar-refractivity contribution is 6.04. The third-order valence-corrected chi connectivity index (χ3v) is 4.63. The van der Waals surface area contributed by atoms with Gasteiger partial charge in [-0.2, -0.15) is 0 Å². The normalized spacial score (nSPS) is 15.7. The first kappa shape index (κ1) is 20.1. The lowest BCUT2D eigenvalue weighted by Crippen LogP contribution is -2.28. The Morgan fingerprint density at radius 1 is 0.966 bits per heavy atom. The molecule has 0 aromatic heterocycles. The average molecular weight is 396 g/mol. The van der Waals surface area contributed by atoms with Gasteiger partial charge >= 0.3 is 11.9 Å². The van der Waals surface area contributed by atoms with Crippen molar-refractivity contribution in [2.45, 2.75) is 6.42 Å². The van der Waals surface area contributed by atoms with Gasteiger partial charge in [0.15, 0.2) is 0 Å². The van der Waals surface area contributed by atoms with Gasteiger partial charge in [-0.3, -0.25) is 9.59 Å². The summed E-state index contributed by atoms with van der Waals surface area (Å²) in [6, 6.07) is 12.9. The number of anilines is 2. The summed E-state index contributed by atoms with van der Waals surface area (Å²) >= 11 is 0. The van der Waals surface area contributed by atoms with Crippen molar-refractivity contribution in [1.82, 2.24) is 0 Å². The van der Waals surface area contributed by atoms with Crippen molar-refractivity contribution < 1.29 is 28.7 Å². The first-order valence-electron chi connectivity index (χ1n) is 8.91. The molecular formula is C21H20N2O6. The van der Waals surface area contributed by atoms with Crippen LogP contribution in [0.15, 0.2) is 48.5 Å². The van der Waals surface area contributed by atoms with Gasteiger partial charge in [-0.15, -0.1) is 0 Å². The molecule has 0 bridgehead atoms. The first-order chi connectivity index (χ1) is 13.9. The van der Waals surface area contributed by atoms with Gasteiger partial charge in [-0.1, -0.05) is 12.1 Å². The predicted octanol–water partition coefficient (Wildman–Crippen LogP) is 2.25. The van der Waals surface area contributed by atoms with Gasteiger partial charge in [0.1, 0.15) is 0 Å². The van der Waals surface area contributed by atoms with E-state index in [0.29, 0.717) is 22.5 Å². The fourth-order valence-electron chi connectivity index (χ4n) is 3.14. The largest absolute Gasteiger partial charge is 0.465 e. The van der Waals surface area contributed by atoms with E-state index < -0.39 is 17.9 Å². The van der Waals surface area contributed by atoms with Crippen LogP contribution < -0.4 is 10.2 Å². The summed E-state index contributed by atoms with van der Waals surface area (Å²) in [4.78, 5) is 49.9. The highest BCUT2D eigenvalue weighted by Gasteiger charge is 2.35. The lowest BCUT2D eigenvalue weighted by molar-refractivity contribution is -0.122. The second kappa shape index (κ2) is 8.55. The van der Waals surface area contributed by atoms with Crippen LogP contribution in [0.4, 0.5) is 11.4 Å². The third kappa shape index (κ3) is 4.43. The van der Waals surface area contributed by atoms with Crippen molar-refractivity contribution in [2.75, 3.05) is 31.0 Å². The number of benzene rings is 2. The molecule has 8 heteroatoms. The Morgan fingerprint density at radius 2 is 1.59 bits per heavy atom. The lowest BCUT2D eigenvalue weighted by atomic mass is 10.1. The van der Waals surface area contributed by atoms with Crippen LogP contribution in [0.25, 0.3) is 0 Å². The van der Waals surface area contributed by atoms with Crippen molar-refractivity contribution in [2.24, 2.45) is 5.92 Å². The van der Waals surface area contributed by atoms with Crippen molar-refractivity contribution >= 4 is 35.1 Å². The van der Waals surface area contributed by atoms with Crippen molar-refractivity contribution in [1.29, 1.82) is 0 Å². The maximum Gasteiger partial charge on any atom is 0.337 e. The molecule has 2 amide bonds. The second-order valence-electron chi connectivity index (χ2n) is 6.51. The zero-order chi connectivity index (χ0) is 21.0. The van der Waals surface area contributed by atoms with E-state index in [1.807, 2.05) is 0 Å². The van der Waals surface area contributed by atoms with Crippen LogP contribution >= 0.6 is 0 Å². The molecule has 1 N–H and O–H groups in total. The smallest absolute Gasteiger partial charge is 0.337 e. The van der Waals surface area contributed by atoms with Gasteiger partial charge in [0.05, 0.1) is 31.3 Å². The summed E-state index contributed by atoms with van der Waals surface area (Å²) < 4.78 is 9.37. The molecule has 1 unspecified atom stereocenters. The zero-order valence-corrected chi connectivity index (χ0v) is 16.0. The predicted molar refractivity (Wildman–Crippen MR) is 105 cm³/mol. The molecule has 1 fully saturated rings. The average Bonchev–Trinajstić information content (AvgIpc) is 3.14. The summed E-state index contributed by atoms with van der Waals surface area (Å²) in [6.07, 6.45) is 0.0466. The van der Waals surface area contributed by atoms with Crippen LogP contribution in [0.1, 0.15) is 27.1 Å². The molecule has 0 aliphatic carbocycles. The summed E-state index contributed by atoms with van der Waals surface area (Å²) in [5, 5.41) is 2.73. The molecule has 1 saturated heterocycles. The molecule has 2 aromatic carbocycles. The molecule has 0 radical (unpaired) electrons. The Morgan fingerprint density at radius 3 is 2.24 bits per heavy atom. The van der Waals surface area contributed by atoms with Crippen LogP contribution in [0.5, 0.6) is 0 Å². The molecule has 1 heterocycles. The Balaban J connectivity index is 1.71. The SMILES string of the molecule is COC(=O)c1cccc(NC(=O)C2CC(=O)N(c3cccc(C(=O)OC)c3)C2)c1. The number of amides is 2. The quantitative estimate of drug-likeness (QED) is 0.778. The Kier molecular flexibility index (Phi) is 5.92. The topological polar surface area (TPSA) is 102 Å². The molecule has 0 saturated carbocycles. The number of esters is 2. The number of hydrogen-bond donors (Lipinski definition) is 1. The van der Waals surface area contributed by atoms with Gasteiger partial charge in [0.25, 0.3) is 0 Å². The molecule has 8 nitrogen and oxygen atoms in total. The van der Waals surface area contributed by atoms with Crippen LogP contribution in [0.3, 0.4) is 0 Å². The van der Waals surface area contributed by atoms with E-state index in [2.05, 4.69) is 10.1 Å². The maximum atomic E-state index is 12.6. The van der Waals surface area contributed by atoms with E-state index in [9.17, 15) is 19.2 Å². The highest BCUT2D eigenvalue weighted by Crippen LogP contribution is 2.27. The van der Waals surface area contributed by atoms with Crippen LogP contribution in [-0.4, -0.2) is 44.5 Å². The minimum atomic E-state index is -0.564. The molecule has 1 aliphatic heterocycles. The highest BCUT2D eigenvalue weighted by atomic mass is 16.5. The van der Waals surface area contributed by atoms with Crippen LogP contribution in [0.2, 0.25) is 0 Å². The van der Waals surface area contributed by atoms with E-state index in [-0.39, 0.29) is 24.8 Å². The summed E-state index contributed by atoms with van der Waals surface area (Å²) in [7, 11) is 2.56. The Bertz CT molecular complexity index is 971.